The standard InChI is InChI=1S/C16H20N4O/c1-20(8-7-17)16-18-10-12-4-3-11-9-13(21-2)5-6-14(11)15(12)19-16/h5-6,9-10H,3-4,7-8,17H2,1-2H3. The molecule has 21 heavy (non-hydrogen) atoms. The van der Waals surface area contributed by atoms with E-state index in [-0.39, 0.29) is 0 Å². The van der Waals surface area contributed by atoms with Gasteiger partial charge in [-0.15, -0.1) is 0 Å². The van der Waals surface area contributed by atoms with Gasteiger partial charge in [0.2, 0.25) is 5.95 Å². The van der Waals surface area contributed by atoms with Crippen molar-refractivity contribution >= 4 is 5.95 Å². The molecule has 110 valence electrons. The number of ether oxygens (including phenoxy) is 1. The molecule has 1 aliphatic rings. The van der Waals surface area contributed by atoms with Crippen LogP contribution in [0.2, 0.25) is 0 Å². The highest BCUT2D eigenvalue weighted by Gasteiger charge is 2.19. The van der Waals surface area contributed by atoms with E-state index in [0.717, 1.165) is 36.8 Å². The molecule has 5 nitrogen and oxygen atoms in total. The molecule has 1 aromatic carbocycles. The zero-order valence-electron chi connectivity index (χ0n) is 12.5. The molecule has 0 fully saturated rings. The lowest BCUT2D eigenvalue weighted by Gasteiger charge is -2.22. The van der Waals surface area contributed by atoms with Crippen LogP contribution in [-0.2, 0) is 12.8 Å². The van der Waals surface area contributed by atoms with Crippen LogP contribution in [0, 0.1) is 0 Å². The normalized spacial score (nSPS) is 12.5. The van der Waals surface area contributed by atoms with Gasteiger partial charge in [0.15, 0.2) is 0 Å². The number of benzene rings is 1. The number of aryl methyl sites for hydroxylation is 2. The van der Waals surface area contributed by atoms with Crippen molar-refractivity contribution in [3.8, 4) is 17.0 Å². The van der Waals surface area contributed by atoms with Crippen LogP contribution in [0.25, 0.3) is 11.3 Å². The third-order valence-corrected chi connectivity index (χ3v) is 3.89. The Kier molecular flexibility index (Phi) is 3.75. The van der Waals surface area contributed by atoms with E-state index in [4.69, 9.17) is 15.5 Å². The monoisotopic (exact) mass is 284 g/mol. The molecule has 0 amide bonds. The molecule has 0 spiro atoms. The number of aromatic nitrogens is 2. The predicted molar refractivity (Wildman–Crippen MR) is 83.8 cm³/mol. The Bertz CT molecular complexity index is 657. The summed E-state index contributed by atoms with van der Waals surface area (Å²) in [5.74, 6) is 1.62. The molecular formula is C16H20N4O. The summed E-state index contributed by atoms with van der Waals surface area (Å²) >= 11 is 0. The summed E-state index contributed by atoms with van der Waals surface area (Å²) in [7, 11) is 3.66. The van der Waals surface area contributed by atoms with Gasteiger partial charge in [-0.2, -0.15) is 0 Å². The summed E-state index contributed by atoms with van der Waals surface area (Å²) in [4.78, 5) is 11.2. The average molecular weight is 284 g/mol. The highest BCUT2D eigenvalue weighted by Crippen LogP contribution is 2.34. The maximum Gasteiger partial charge on any atom is 0.225 e. The number of anilines is 1. The molecule has 0 saturated heterocycles. The van der Waals surface area contributed by atoms with E-state index >= 15 is 0 Å². The first-order valence-corrected chi connectivity index (χ1v) is 7.17. The van der Waals surface area contributed by atoms with Crippen LogP contribution < -0.4 is 15.4 Å². The largest absolute Gasteiger partial charge is 0.497 e. The van der Waals surface area contributed by atoms with Crippen LogP contribution in [0.1, 0.15) is 11.1 Å². The maximum atomic E-state index is 5.60. The van der Waals surface area contributed by atoms with Crippen molar-refractivity contribution in [2.75, 3.05) is 32.1 Å². The van der Waals surface area contributed by atoms with Crippen LogP contribution in [-0.4, -0.2) is 37.2 Å². The van der Waals surface area contributed by atoms with Crippen molar-refractivity contribution in [3.63, 3.8) is 0 Å². The van der Waals surface area contributed by atoms with Crippen molar-refractivity contribution in [3.05, 3.63) is 35.5 Å². The van der Waals surface area contributed by atoms with Crippen molar-refractivity contribution in [1.29, 1.82) is 0 Å². The highest BCUT2D eigenvalue weighted by atomic mass is 16.5. The highest BCUT2D eigenvalue weighted by molar-refractivity contribution is 5.71. The fraction of sp³-hybridized carbons (Fsp3) is 0.375. The number of fused-ring (bicyclic) bond motifs is 3. The number of nitrogens with zero attached hydrogens (tertiary/aromatic N) is 3. The van der Waals surface area contributed by atoms with Gasteiger partial charge >= 0.3 is 0 Å². The zero-order chi connectivity index (χ0) is 14.8. The number of likely N-dealkylation sites (N-methyl/N-ethyl adjacent to an activating group) is 1. The second-order valence-corrected chi connectivity index (χ2v) is 5.28. The predicted octanol–water partition coefficient (Wildman–Crippen LogP) is 1.65. The summed E-state index contributed by atoms with van der Waals surface area (Å²) in [6, 6.07) is 6.18. The third-order valence-electron chi connectivity index (χ3n) is 3.89. The SMILES string of the molecule is COc1ccc2c(c1)CCc1cnc(N(C)CCN)nc1-2. The van der Waals surface area contributed by atoms with Gasteiger partial charge in [-0.1, -0.05) is 0 Å². The number of rotatable bonds is 4. The third kappa shape index (κ3) is 2.56. The minimum absolute atomic E-state index is 0.588. The van der Waals surface area contributed by atoms with Gasteiger partial charge in [-0.3, -0.25) is 0 Å². The van der Waals surface area contributed by atoms with E-state index in [0.29, 0.717) is 6.54 Å². The summed E-state index contributed by atoms with van der Waals surface area (Å²) in [6.07, 6.45) is 3.91. The second-order valence-electron chi connectivity index (χ2n) is 5.28. The first-order valence-electron chi connectivity index (χ1n) is 7.17. The van der Waals surface area contributed by atoms with E-state index in [1.54, 1.807) is 7.11 Å². The maximum absolute atomic E-state index is 5.60. The molecule has 0 aliphatic heterocycles. The number of methoxy groups -OCH3 is 1. The van der Waals surface area contributed by atoms with E-state index in [1.165, 1.54) is 16.7 Å². The first-order chi connectivity index (χ1) is 10.2. The van der Waals surface area contributed by atoms with Gasteiger partial charge in [-0.05, 0) is 42.2 Å². The molecule has 2 N–H and O–H groups in total. The van der Waals surface area contributed by atoms with Crippen molar-refractivity contribution < 1.29 is 4.74 Å². The average Bonchev–Trinajstić information content (AvgIpc) is 2.53. The fourth-order valence-corrected chi connectivity index (χ4v) is 2.70. The Morgan fingerprint density at radius 1 is 1.29 bits per heavy atom. The van der Waals surface area contributed by atoms with Crippen molar-refractivity contribution in [2.24, 2.45) is 5.73 Å². The topological polar surface area (TPSA) is 64.3 Å². The summed E-state index contributed by atoms with van der Waals surface area (Å²) < 4.78 is 5.31. The van der Waals surface area contributed by atoms with Gasteiger partial charge in [-0.25, -0.2) is 9.97 Å². The molecular weight excluding hydrogens is 264 g/mol. The Labute approximate surface area is 124 Å². The summed E-state index contributed by atoms with van der Waals surface area (Å²) in [5, 5.41) is 0. The number of nitrogens with two attached hydrogens (primary N) is 1. The summed E-state index contributed by atoms with van der Waals surface area (Å²) in [5.41, 5.74) is 10.3. The molecule has 0 atom stereocenters. The van der Waals surface area contributed by atoms with Gasteiger partial charge in [0.25, 0.3) is 0 Å². The van der Waals surface area contributed by atoms with Crippen LogP contribution >= 0.6 is 0 Å². The molecule has 5 heteroatoms. The van der Waals surface area contributed by atoms with E-state index in [1.807, 2.05) is 24.2 Å². The Morgan fingerprint density at radius 3 is 2.86 bits per heavy atom. The van der Waals surface area contributed by atoms with Gasteiger partial charge in [0.05, 0.1) is 12.8 Å². The lowest BCUT2D eigenvalue weighted by molar-refractivity contribution is 0.414. The molecule has 1 aliphatic carbocycles. The van der Waals surface area contributed by atoms with E-state index < -0.39 is 0 Å². The smallest absolute Gasteiger partial charge is 0.225 e. The van der Waals surface area contributed by atoms with Gasteiger partial charge in [0, 0.05) is 31.9 Å². The van der Waals surface area contributed by atoms with Crippen LogP contribution in [0.4, 0.5) is 5.95 Å². The zero-order valence-corrected chi connectivity index (χ0v) is 12.5. The van der Waals surface area contributed by atoms with Gasteiger partial charge in [0.1, 0.15) is 5.75 Å². The van der Waals surface area contributed by atoms with E-state index in [2.05, 4.69) is 17.1 Å². The minimum Gasteiger partial charge on any atom is -0.497 e. The Hall–Kier alpha value is -2.14. The molecule has 0 saturated carbocycles. The fourth-order valence-electron chi connectivity index (χ4n) is 2.70. The van der Waals surface area contributed by atoms with Crippen LogP contribution in [0.15, 0.2) is 24.4 Å². The second kappa shape index (κ2) is 5.69. The molecule has 1 aromatic heterocycles. The minimum atomic E-state index is 0.588. The first kappa shape index (κ1) is 13.8. The van der Waals surface area contributed by atoms with E-state index in [9.17, 15) is 0 Å². The summed E-state index contributed by atoms with van der Waals surface area (Å²) in [6.45, 7) is 1.33. The quantitative estimate of drug-likeness (QED) is 0.924. The van der Waals surface area contributed by atoms with Crippen molar-refractivity contribution in [2.45, 2.75) is 12.8 Å². The Balaban J connectivity index is 2.03. The molecule has 1 heterocycles. The lowest BCUT2D eigenvalue weighted by atomic mass is 9.90. The molecule has 0 radical (unpaired) electrons. The molecule has 0 bridgehead atoms. The lowest BCUT2D eigenvalue weighted by Crippen LogP contribution is -2.27. The number of hydrogen-bond donors (Lipinski definition) is 1. The molecule has 0 unspecified atom stereocenters. The molecule has 2 aromatic rings. The van der Waals surface area contributed by atoms with Crippen LogP contribution in [0.5, 0.6) is 5.75 Å². The van der Waals surface area contributed by atoms with Gasteiger partial charge < -0.3 is 15.4 Å². The van der Waals surface area contributed by atoms with Crippen molar-refractivity contribution in [1.82, 2.24) is 9.97 Å². The van der Waals surface area contributed by atoms with Crippen LogP contribution in [0.3, 0.4) is 0 Å². The number of hydrogen-bond acceptors (Lipinski definition) is 5. The molecule has 3 rings (SSSR count). The Morgan fingerprint density at radius 2 is 2.10 bits per heavy atom.